The number of hydrogen-bond acceptors (Lipinski definition) is 4. The van der Waals surface area contributed by atoms with E-state index >= 15 is 0 Å². The van der Waals surface area contributed by atoms with Crippen molar-refractivity contribution >= 4 is 34.4 Å². The second-order valence-corrected chi connectivity index (χ2v) is 7.16. The first kappa shape index (κ1) is 20.7. The molecule has 2 amide bonds. The molecule has 0 saturated heterocycles. The maximum Gasteiger partial charge on any atom is 0.276 e. The van der Waals surface area contributed by atoms with Crippen molar-refractivity contribution in [2.24, 2.45) is 0 Å². The maximum absolute atomic E-state index is 12.2. The van der Waals surface area contributed by atoms with Crippen LogP contribution in [0.5, 0.6) is 11.5 Å². The highest BCUT2D eigenvalue weighted by Gasteiger charge is 2.11. The van der Waals surface area contributed by atoms with E-state index in [-0.39, 0.29) is 6.61 Å². The van der Waals surface area contributed by atoms with Crippen LogP contribution in [0.3, 0.4) is 0 Å². The fraction of sp³-hybridized carbons (Fsp3) is 0.0909. The summed E-state index contributed by atoms with van der Waals surface area (Å²) in [5.74, 6) is 0.370. The summed E-state index contributed by atoms with van der Waals surface area (Å²) in [6, 6.07) is 22.2. The molecule has 0 radical (unpaired) electrons. The van der Waals surface area contributed by atoms with Crippen LogP contribution in [0.15, 0.2) is 72.8 Å². The minimum atomic E-state index is -0.468. The highest BCUT2D eigenvalue weighted by atomic mass is 127. The van der Waals surface area contributed by atoms with E-state index < -0.39 is 11.8 Å². The van der Waals surface area contributed by atoms with Crippen molar-refractivity contribution in [2.75, 3.05) is 13.7 Å². The minimum absolute atomic E-state index is 0.232. The normalized spacial score (nSPS) is 10.1. The summed E-state index contributed by atoms with van der Waals surface area (Å²) in [4.78, 5) is 24.3. The van der Waals surface area contributed by atoms with E-state index in [0.717, 1.165) is 14.7 Å². The van der Waals surface area contributed by atoms with Crippen LogP contribution in [0.1, 0.15) is 10.4 Å². The lowest BCUT2D eigenvalue weighted by atomic mass is 10.1. The van der Waals surface area contributed by atoms with E-state index in [9.17, 15) is 9.59 Å². The van der Waals surface area contributed by atoms with Crippen LogP contribution < -0.4 is 20.3 Å². The van der Waals surface area contributed by atoms with E-state index in [1.807, 2.05) is 48.5 Å². The number of para-hydroxylation sites is 1. The standard InChI is InChI=1S/C22H19IN2O4/c1-28-20-12-11-16(13-18(20)23)22(27)25-24-21(26)14-29-19-10-6-5-9-17(19)15-7-3-2-4-8-15/h2-13H,14H2,1H3,(H,24,26)(H,25,27). The van der Waals surface area contributed by atoms with E-state index in [2.05, 4.69) is 33.4 Å². The number of halogens is 1. The van der Waals surface area contributed by atoms with Gasteiger partial charge in [0, 0.05) is 11.1 Å². The molecule has 0 atom stereocenters. The molecule has 148 valence electrons. The summed E-state index contributed by atoms with van der Waals surface area (Å²) in [5.41, 5.74) is 7.03. The zero-order valence-corrected chi connectivity index (χ0v) is 17.8. The Labute approximate surface area is 182 Å². The molecule has 3 rings (SSSR count). The van der Waals surface area contributed by atoms with E-state index in [1.165, 1.54) is 0 Å². The summed E-state index contributed by atoms with van der Waals surface area (Å²) in [6.45, 7) is -0.232. The first-order valence-electron chi connectivity index (χ1n) is 8.78. The van der Waals surface area contributed by atoms with Crippen molar-refractivity contribution in [1.82, 2.24) is 10.9 Å². The summed E-state index contributed by atoms with van der Waals surface area (Å²) < 4.78 is 11.6. The smallest absolute Gasteiger partial charge is 0.276 e. The molecule has 0 saturated carbocycles. The van der Waals surface area contributed by atoms with Crippen molar-refractivity contribution in [3.63, 3.8) is 0 Å². The van der Waals surface area contributed by atoms with Gasteiger partial charge in [-0.1, -0.05) is 48.5 Å². The van der Waals surface area contributed by atoms with Gasteiger partial charge in [-0.2, -0.15) is 0 Å². The van der Waals surface area contributed by atoms with Crippen LogP contribution in [-0.4, -0.2) is 25.5 Å². The Hall–Kier alpha value is -3.07. The molecule has 0 fully saturated rings. The van der Waals surface area contributed by atoms with Gasteiger partial charge in [-0.05, 0) is 52.4 Å². The van der Waals surface area contributed by atoms with E-state index in [4.69, 9.17) is 9.47 Å². The molecular weight excluding hydrogens is 483 g/mol. The predicted molar refractivity (Wildman–Crippen MR) is 119 cm³/mol. The molecule has 6 nitrogen and oxygen atoms in total. The number of ether oxygens (including phenoxy) is 2. The topological polar surface area (TPSA) is 76.7 Å². The second kappa shape index (κ2) is 9.92. The highest BCUT2D eigenvalue weighted by molar-refractivity contribution is 14.1. The molecule has 0 aliphatic rings. The number of amides is 2. The zero-order valence-electron chi connectivity index (χ0n) is 15.6. The average Bonchev–Trinajstić information content (AvgIpc) is 2.76. The Morgan fingerprint density at radius 3 is 2.34 bits per heavy atom. The van der Waals surface area contributed by atoms with Gasteiger partial charge in [-0.15, -0.1) is 0 Å². The van der Waals surface area contributed by atoms with Gasteiger partial charge in [-0.3, -0.25) is 20.4 Å². The molecule has 0 aliphatic carbocycles. The molecule has 0 aliphatic heterocycles. The predicted octanol–water partition coefficient (Wildman–Crippen LogP) is 3.81. The van der Waals surface area contributed by atoms with Crippen molar-refractivity contribution in [3.8, 4) is 22.6 Å². The number of carbonyl (C=O) groups excluding carboxylic acids is 2. The van der Waals surface area contributed by atoms with Crippen LogP contribution in [0.4, 0.5) is 0 Å². The molecule has 0 aromatic heterocycles. The number of benzene rings is 3. The van der Waals surface area contributed by atoms with E-state index in [0.29, 0.717) is 17.1 Å². The SMILES string of the molecule is COc1ccc(C(=O)NNC(=O)COc2ccccc2-c2ccccc2)cc1I. The number of carbonyl (C=O) groups is 2. The lowest BCUT2D eigenvalue weighted by Crippen LogP contribution is -2.43. The van der Waals surface area contributed by atoms with Crippen LogP contribution in [0, 0.1) is 3.57 Å². The van der Waals surface area contributed by atoms with Gasteiger partial charge in [0.1, 0.15) is 11.5 Å². The van der Waals surface area contributed by atoms with Gasteiger partial charge < -0.3 is 9.47 Å². The number of methoxy groups -OCH3 is 1. The third kappa shape index (κ3) is 5.47. The third-order valence-electron chi connectivity index (χ3n) is 4.06. The van der Waals surface area contributed by atoms with Gasteiger partial charge in [0.25, 0.3) is 11.8 Å². The molecule has 0 spiro atoms. The number of hydrazine groups is 1. The number of rotatable bonds is 6. The lowest BCUT2D eigenvalue weighted by molar-refractivity contribution is -0.123. The number of nitrogens with one attached hydrogen (secondary N) is 2. The fourth-order valence-corrected chi connectivity index (χ4v) is 3.37. The molecule has 29 heavy (non-hydrogen) atoms. The monoisotopic (exact) mass is 502 g/mol. The summed E-state index contributed by atoms with van der Waals surface area (Å²) in [7, 11) is 1.56. The summed E-state index contributed by atoms with van der Waals surface area (Å²) >= 11 is 2.08. The summed E-state index contributed by atoms with van der Waals surface area (Å²) in [5, 5.41) is 0. The number of hydrogen-bond donors (Lipinski definition) is 2. The second-order valence-electron chi connectivity index (χ2n) is 6.00. The van der Waals surface area contributed by atoms with Crippen molar-refractivity contribution in [2.45, 2.75) is 0 Å². The Balaban J connectivity index is 1.56. The minimum Gasteiger partial charge on any atom is -0.496 e. The largest absolute Gasteiger partial charge is 0.496 e. The summed E-state index contributed by atoms with van der Waals surface area (Å²) in [6.07, 6.45) is 0. The molecule has 0 heterocycles. The molecule has 3 aromatic rings. The van der Waals surface area contributed by atoms with Crippen molar-refractivity contribution in [3.05, 3.63) is 81.9 Å². The van der Waals surface area contributed by atoms with Crippen LogP contribution >= 0.6 is 22.6 Å². The quantitative estimate of drug-likeness (QED) is 0.397. The molecule has 7 heteroatoms. The van der Waals surface area contributed by atoms with E-state index in [1.54, 1.807) is 31.4 Å². The van der Waals surface area contributed by atoms with Gasteiger partial charge in [0.2, 0.25) is 0 Å². The van der Waals surface area contributed by atoms with Crippen molar-refractivity contribution in [1.29, 1.82) is 0 Å². The van der Waals surface area contributed by atoms with Gasteiger partial charge in [-0.25, -0.2) is 0 Å². The third-order valence-corrected chi connectivity index (χ3v) is 4.90. The van der Waals surface area contributed by atoms with Gasteiger partial charge >= 0.3 is 0 Å². The maximum atomic E-state index is 12.2. The van der Waals surface area contributed by atoms with Gasteiger partial charge in [0.05, 0.1) is 10.7 Å². The van der Waals surface area contributed by atoms with Crippen molar-refractivity contribution < 1.29 is 19.1 Å². The van der Waals surface area contributed by atoms with Gasteiger partial charge in [0.15, 0.2) is 6.61 Å². The Bertz CT molecular complexity index is 1010. The Morgan fingerprint density at radius 1 is 0.897 bits per heavy atom. The fourth-order valence-electron chi connectivity index (χ4n) is 2.63. The molecule has 2 N–H and O–H groups in total. The zero-order chi connectivity index (χ0) is 20.6. The van der Waals surface area contributed by atoms with Crippen LogP contribution in [0.2, 0.25) is 0 Å². The average molecular weight is 502 g/mol. The molecule has 3 aromatic carbocycles. The highest BCUT2D eigenvalue weighted by Crippen LogP contribution is 2.29. The van der Waals surface area contributed by atoms with Crippen LogP contribution in [-0.2, 0) is 4.79 Å². The Kier molecular flexibility index (Phi) is 7.07. The first-order valence-corrected chi connectivity index (χ1v) is 9.86. The molecule has 0 bridgehead atoms. The first-order chi connectivity index (χ1) is 14.1. The van der Waals surface area contributed by atoms with Crippen LogP contribution in [0.25, 0.3) is 11.1 Å². The Morgan fingerprint density at radius 2 is 1.62 bits per heavy atom. The lowest BCUT2D eigenvalue weighted by Gasteiger charge is -2.12. The molecular formula is C22H19IN2O4. The molecule has 0 unspecified atom stereocenters.